The minimum Gasteiger partial charge on any atom is -0.493 e. The van der Waals surface area contributed by atoms with E-state index < -0.39 is 18.2 Å². The molecule has 0 aromatic heterocycles. The van der Waals surface area contributed by atoms with Gasteiger partial charge >= 0.3 is 0 Å². The molecule has 0 unspecified atom stereocenters. The van der Waals surface area contributed by atoms with Crippen molar-refractivity contribution in [2.24, 2.45) is 5.92 Å². The number of nitrogens with one attached hydrogen (secondary N) is 1. The lowest BCUT2D eigenvalue weighted by molar-refractivity contribution is -0.143. The molecule has 0 radical (unpaired) electrons. The Morgan fingerprint density at radius 3 is 2.55 bits per heavy atom. The van der Waals surface area contributed by atoms with Crippen molar-refractivity contribution in [3.8, 4) is 11.5 Å². The standard InChI is InChI=1S/C29H43IN2O8/c1-18(2)39-12-6-10-32(29(37)20-7-4-5-8-20)23-15-21(28(36)31-9-11-33)16-24(26(23)35)40-27-22(30)13-19(17-34)14-25(27)38-3/h13-14,16,18,20,23-24,26,33-35H,4-12,15,17H2,1-3H3,(H,31,36)/t23-,24+,26+/m1/s1. The number of rotatable bonds is 14. The largest absolute Gasteiger partial charge is 0.493 e. The van der Waals surface area contributed by atoms with Crippen LogP contribution in [0.3, 0.4) is 0 Å². The first-order valence-corrected chi connectivity index (χ1v) is 15.1. The van der Waals surface area contributed by atoms with Crippen molar-refractivity contribution < 1.29 is 39.1 Å². The molecule has 0 saturated heterocycles. The number of ether oxygens (including phenoxy) is 3. The summed E-state index contributed by atoms with van der Waals surface area (Å²) in [5.41, 5.74) is 1.02. The Kier molecular flexibility index (Phi) is 13.0. The third-order valence-corrected chi connectivity index (χ3v) is 8.12. The van der Waals surface area contributed by atoms with Crippen molar-refractivity contribution in [1.82, 2.24) is 10.2 Å². The molecule has 2 aliphatic rings. The second-order valence-corrected chi connectivity index (χ2v) is 11.7. The van der Waals surface area contributed by atoms with Crippen molar-refractivity contribution in [3.05, 3.63) is 32.9 Å². The molecule has 10 nitrogen and oxygen atoms in total. The molecular weight excluding hydrogens is 631 g/mol. The second-order valence-electron chi connectivity index (χ2n) is 10.6. The van der Waals surface area contributed by atoms with Crippen LogP contribution in [0.25, 0.3) is 0 Å². The van der Waals surface area contributed by atoms with Gasteiger partial charge in [0.15, 0.2) is 11.5 Å². The summed E-state index contributed by atoms with van der Waals surface area (Å²) in [6.45, 7) is 4.47. The lowest BCUT2D eigenvalue weighted by Gasteiger charge is -2.41. The highest BCUT2D eigenvalue weighted by atomic mass is 127. The van der Waals surface area contributed by atoms with Crippen LogP contribution in [-0.4, -0.2) is 89.8 Å². The van der Waals surface area contributed by atoms with Gasteiger partial charge in [-0.05, 0) is 79.5 Å². The molecule has 1 saturated carbocycles. The Bertz CT molecular complexity index is 1030. The van der Waals surface area contributed by atoms with E-state index in [2.05, 4.69) is 27.9 Å². The molecule has 0 aliphatic heterocycles. The monoisotopic (exact) mass is 674 g/mol. The van der Waals surface area contributed by atoms with Gasteiger partial charge < -0.3 is 39.7 Å². The number of carbonyl (C=O) groups is 2. The van der Waals surface area contributed by atoms with Crippen LogP contribution in [0.5, 0.6) is 11.5 Å². The van der Waals surface area contributed by atoms with Crippen molar-refractivity contribution in [1.29, 1.82) is 0 Å². The fourth-order valence-corrected chi connectivity index (χ4v) is 6.09. The molecule has 4 N–H and O–H groups in total. The van der Waals surface area contributed by atoms with Gasteiger partial charge in [0.2, 0.25) is 11.8 Å². The number of benzene rings is 1. The summed E-state index contributed by atoms with van der Waals surface area (Å²) in [5, 5.41) is 33.2. The van der Waals surface area contributed by atoms with Crippen LogP contribution in [-0.2, 0) is 20.9 Å². The van der Waals surface area contributed by atoms with Crippen LogP contribution in [0.15, 0.2) is 23.8 Å². The molecule has 3 atom stereocenters. The van der Waals surface area contributed by atoms with E-state index in [9.17, 15) is 24.9 Å². The van der Waals surface area contributed by atoms with Crippen LogP contribution in [0.1, 0.15) is 57.9 Å². The first-order valence-electron chi connectivity index (χ1n) is 14.0. The van der Waals surface area contributed by atoms with Crippen LogP contribution >= 0.6 is 22.6 Å². The van der Waals surface area contributed by atoms with E-state index in [1.54, 1.807) is 23.1 Å². The number of hydrogen-bond acceptors (Lipinski definition) is 8. The number of hydrogen-bond donors (Lipinski definition) is 4. The second kappa shape index (κ2) is 15.9. The molecule has 2 aliphatic carbocycles. The van der Waals surface area contributed by atoms with E-state index in [4.69, 9.17) is 14.2 Å². The molecule has 0 heterocycles. The van der Waals surface area contributed by atoms with E-state index in [0.717, 1.165) is 25.7 Å². The fourth-order valence-electron chi connectivity index (χ4n) is 5.30. The summed E-state index contributed by atoms with van der Waals surface area (Å²) in [4.78, 5) is 28.6. The summed E-state index contributed by atoms with van der Waals surface area (Å²) < 4.78 is 18.2. The van der Waals surface area contributed by atoms with Crippen LogP contribution in [0.4, 0.5) is 0 Å². The minimum atomic E-state index is -1.12. The molecule has 0 bridgehead atoms. The summed E-state index contributed by atoms with van der Waals surface area (Å²) in [6, 6.07) is 2.72. The van der Waals surface area contributed by atoms with E-state index in [1.807, 2.05) is 13.8 Å². The number of aliphatic hydroxyl groups is 3. The van der Waals surface area contributed by atoms with Gasteiger partial charge in [0.25, 0.3) is 0 Å². The lowest BCUT2D eigenvalue weighted by atomic mass is 9.87. The molecule has 2 amide bonds. The number of halogens is 1. The molecule has 40 heavy (non-hydrogen) atoms. The number of amides is 2. The number of nitrogens with zero attached hydrogens (tertiary/aromatic N) is 1. The highest BCUT2D eigenvalue weighted by molar-refractivity contribution is 14.1. The third kappa shape index (κ3) is 8.54. The maximum Gasteiger partial charge on any atom is 0.247 e. The Morgan fingerprint density at radius 2 is 1.93 bits per heavy atom. The topological polar surface area (TPSA) is 138 Å². The Labute approximate surface area is 250 Å². The highest BCUT2D eigenvalue weighted by Crippen LogP contribution is 2.38. The Balaban J connectivity index is 1.96. The maximum absolute atomic E-state index is 13.8. The minimum absolute atomic E-state index is 0.0127. The summed E-state index contributed by atoms with van der Waals surface area (Å²) >= 11 is 2.08. The average molecular weight is 675 g/mol. The Hall–Kier alpha value is -1.93. The zero-order valence-electron chi connectivity index (χ0n) is 23.6. The smallest absolute Gasteiger partial charge is 0.247 e. The van der Waals surface area contributed by atoms with E-state index in [1.165, 1.54) is 7.11 Å². The predicted molar refractivity (Wildman–Crippen MR) is 158 cm³/mol. The van der Waals surface area contributed by atoms with Gasteiger partial charge in [0.05, 0.1) is 36.0 Å². The van der Waals surface area contributed by atoms with E-state index >= 15 is 0 Å². The highest BCUT2D eigenvalue weighted by Gasteiger charge is 2.42. The van der Waals surface area contributed by atoms with Gasteiger partial charge in [-0.25, -0.2) is 0 Å². The van der Waals surface area contributed by atoms with Gasteiger partial charge in [-0.3, -0.25) is 9.59 Å². The molecule has 0 spiro atoms. The first kappa shape index (κ1) is 32.6. The van der Waals surface area contributed by atoms with Crippen LogP contribution < -0.4 is 14.8 Å². The van der Waals surface area contributed by atoms with Crippen LogP contribution in [0.2, 0.25) is 0 Å². The zero-order chi connectivity index (χ0) is 29.2. The first-order chi connectivity index (χ1) is 19.2. The van der Waals surface area contributed by atoms with E-state index in [-0.39, 0.29) is 50.0 Å². The predicted octanol–water partition coefficient (Wildman–Crippen LogP) is 2.54. The van der Waals surface area contributed by atoms with Gasteiger partial charge in [-0.15, -0.1) is 0 Å². The summed E-state index contributed by atoms with van der Waals surface area (Å²) in [6.07, 6.45) is 3.94. The van der Waals surface area contributed by atoms with Crippen molar-refractivity contribution >= 4 is 34.4 Å². The average Bonchev–Trinajstić information content (AvgIpc) is 3.48. The van der Waals surface area contributed by atoms with Gasteiger partial charge in [-0.2, -0.15) is 0 Å². The van der Waals surface area contributed by atoms with Gasteiger partial charge in [-0.1, -0.05) is 12.8 Å². The van der Waals surface area contributed by atoms with Crippen molar-refractivity contribution in [2.75, 3.05) is 33.4 Å². The number of aliphatic hydroxyl groups excluding tert-OH is 3. The molecule has 3 rings (SSSR count). The number of methoxy groups -OCH3 is 1. The molecule has 1 aromatic carbocycles. The molecule has 1 fully saturated rings. The quantitative estimate of drug-likeness (QED) is 0.175. The third-order valence-electron chi connectivity index (χ3n) is 7.32. The molecule has 1 aromatic rings. The lowest BCUT2D eigenvalue weighted by Crippen LogP contribution is -2.56. The van der Waals surface area contributed by atoms with E-state index in [0.29, 0.717) is 45.8 Å². The summed E-state index contributed by atoms with van der Waals surface area (Å²) in [7, 11) is 1.49. The SMILES string of the molecule is COc1cc(CO)cc(I)c1O[C@H]1C=C(C(=O)NCCO)C[C@@H](N(CCCOC(C)C)C(=O)C2CCCC2)[C@@H]1O. The Morgan fingerprint density at radius 1 is 1.20 bits per heavy atom. The van der Waals surface area contributed by atoms with Crippen LogP contribution in [0, 0.1) is 9.49 Å². The zero-order valence-corrected chi connectivity index (χ0v) is 25.8. The normalized spacial score (nSPS) is 21.3. The maximum atomic E-state index is 13.8. The molecular formula is C29H43IN2O8. The number of carbonyl (C=O) groups excluding carboxylic acids is 2. The van der Waals surface area contributed by atoms with Gasteiger partial charge in [0, 0.05) is 37.6 Å². The fraction of sp³-hybridized carbons (Fsp3) is 0.655. The van der Waals surface area contributed by atoms with Crippen molar-refractivity contribution in [3.63, 3.8) is 0 Å². The molecule has 224 valence electrons. The van der Waals surface area contributed by atoms with Gasteiger partial charge in [0.1, 0.15) is 12.2 Å². The summed E-state index contributed by atoms with van der Waals surface area (Å²) in [5.74, 6) is 0.252. The van der Waals surface area contributed by atoms with Crippen molar-refractivity contribution in [2.45, 2.75) is 83.3 Å². The molecule has 11 heteroatoms.